The molecule has 4 nitrogen and oxygen atoms in total. The van der Waals surface area contributed by atoms with E-state index < -0.39 is 0 Å². The Morgan fingerprint density at radius 2 is 2.19 bits per heavy atom. The van der Waals surface area contributed by atoms with Gasteiger partial charge in [0.1, 0.15) is 0 Å². The first-order chi connectivity index (χ1) is 10.1. The lowest BCUT2D eigenvalue weighted by Crippen LogP contribution is -2.52. The third-order valence-corrected chi connectivity index (χ3v) is 5.70. The topological polar surface area (TPSA) is 44.7 Å². The van der Waals surface area contributed by atoms with Crippen LogP contribution in [0, 0.1) is 5.92 Å². The van der Waals surface area contributed by atoms with Crippen molar-refractivity contribution in [1.82, 2.24) is 10.2 Å². The molecule has 4 unspecified atom stereocenters. The predicted octanol–water partition coefficient (Wildman–Crippen LogP) is 2.02. The number of nitrogens with one attached hydrogen (secondary N) is 1. The van der Waals surface area contributed by atoms with Gasteiger partial charge in [0.2, 0.25) is 0 Å². The van der Waals surface area contributed by atoms with Crippen molar-refractivity contribution in [3.05, 3.63) is 0 Å². The molecule has 4 atom stereocenters. The van der Waals surface area contributed by atoms with E-state index in [1.807, 2.05) is 0 Å². The van der Waals surface area contributed by atoms with Crippen molar-refractivity contribution in [2.45, 2.75) is 70.1 Å². The lowest BCUT2D eigenvalue weighted by Gasteiger charge is -2.37. The van der Waals surface area contributed by atoms with Gasteiger partial charge < -0.3 is 20.1 Å². The van der Waals surface area contributed by atoms with E-state index in [9.17, 15) is 5.11 Å². The number of aliphatic hydroxyl groups excluding tert-OH is 1. The van der Waals surface area contributed by atoms with Crippen LogP contribution in [0.1, 0.15) is 52.4 Å². The smallest absolute Gasteiger partial charge is 0.0702 e. The highest BCUT2D eigenvalue weighted by Gasteiger charge is 2.41. The van der Waals surface area contributed by atoms with Gasteiger partial charge in [-0.05, 0) is 65.1 Å². The van der Waals surface area contributed by atoms with E-state index in [4.69, 9.17) is 4.74 Å². The summed E-state index contributed by atoms with van der Waals surface area (Å²) in [4.78, 5) is 2.47. The summed E-state index contributed by atoms with van der Waals surface area (Å²) in [5.41, 5.74) is -0.0192. The summed E-state index contributed by atoms with van der Waals surface area (Å²) in [6, 6.07) is 0.568. The normalized spacial score (nSPS) is 36.7. The second-order valence-corrected chi connectivity index (χ2v) is 7.03. The molecule has 4 heteroatoms. The number of rotatable bonds is 8. The Morgan fingerprint density at radius 3 is 2.81 bits per heavy atom. The Labute approximate surface area is 130 Å². The van der Waals surface area contributed by atoms with E-state index in [2.05, 4.69) is 31.1 Å². The van der Waals surface area contributed by atoms with Gasteiger partial charge >= 0.3 is 0 Å². The summed E-state index contributed by atoms with van der Waals surface area (Å²) in [7, 11) is 2.23. The molecule has 2 fully saturated rings. The Hall–Kier alpha value is -0.160. The van der Waals surface area contributed by atoms with Gasteiger partial charge in [-0.1, -0.05) is 13.3 Å². The van der Waals surface area contributed by atoms with E-state index in [0.29, 0.717) is 18.1 Å². The third kappa shape index (κ3) is 3.98. The highest BCUT2D eigenvalue weighted by molar-refractivity contribution is 4.99. The Bertz CT molecular complexity index is 313. The van der Waals surface area contributed by atoms with Gasteiger partial charge in [0.25, 0.3) is 0 Å². The minimum atomic E-state index is -0.0192. The average molecular weight is 298 g/mol. The van der Waals surface area contributed by atoms with Gasteiger partial charge in [0.15, 0.2) is 0 Å². The fraction of sp³-hybridized carbons (Fsp3) is 1.00. The summed E-state index contributed by atoms with van der Waals surface area (Å²) in [6.45, 7) is 7.68. The summed E-state index contributed by atoms with van der Waals surface area (Å²) in [5.74, 6) is 0.606. The molecule has 21 heavy (non-hydrogen) atoms. The summed E-state index contributed by atoms with van der Waals surface area (Å²) in [6.07, 6.45) is 7.44. The van der Waals surface area contributed by atoms with Crippen molar-refractivity contribution in [2.75, 3.05) is 33.4 Å². The van der Waals surface area contributed by atoms with E-state index in [-0.39, 0.29) is 12.1 Å². The molecular formula is C17H34N2O2. The van der Waals surface area contributed by atoms with E-state index in [1.165, 1.54) is 19.3 Å². The molecular weight excluding hydrogens is 264 g/mol. The molecule has 124 valence electrons. The maximum absolute atomic E-state index is 9.94. The van der Waals surface area contributed by atoms with Crippen LogP contribution in [-0.4, -0.2) is 61.0 Å². The molecule has 0 aromatic heterocycles. The molecule has 0 amide bonds. The van der Waals surface area contributed by atoms with E-state index >= 15 is 0 Å². The van der Waals surface area contributed by atoms with Gasteiger partial charge in [0, 0.05) is 18.2 Å². The van der Waals surface area contributed by atoms with Crippen molar-refractivity contribution >= 4 is 0 Å². The van der Waals surface area contributed by atoms with Gasteiger partial charge in [0.05, 0.1) is 12.7 Å². The van der Waals surface area contributed by atoms with Crippen molar-refractivity contribution in [1.29, 1.82) is 0 Å². The highest BCUT2D eigenvalue weighted by atomic mass is 16.5. The molecule has 2 rings (SSSR count). The highest BCUT2D eigenvalue weighted by Crippen LogP contribution is 2.38. The zero-order chi connectivity index (χ0) is 15.3. The van der Waals surface area contributed by atoms with Gasteiger partial charge in [-0.15, -0.1) is 0 Å². The van der Waals surface area contributed by atoms with E-state index in [0.717, 1.165) is 39.0 Å². The van der Waals surface area contributed by atoms with Crippen LogP contribution in [0.5, 0.6) is 0 Å². The van der Waals surface area contributed by atoms with Gasteiger partial charge in [-0.3, -0.25) is 0 Å². The molecule has 0 spiro atoms. The average Bonchev–Trinajstić information content (AvgIpc) is 3.09. The maximum Gasteiger partial charge on any atom is 0.0702 e. The van der Waals surface area contributed by atoms with Crippen LogP contribution in [0.25, 0.3) is 0 Å². The Morgan fingerprint density at radius 1 is 1.38 bits per heavy atom. The summed E-state index contributed by atoms with van der Waals surface area (Å²) >= 11 is 0. The molecule has 1 saturated carbocycles. The lowest BCUT2D eigenvalue weighted by atomic mass is 9.85. The second-order valence-electron chi connectivity index (χ2n) is 7.03. The van der Waals surface area contributed by atoms with Crippen LogP contribution in [0.2, 0.25) is 0 Å². The quantitative estimate of drug-likeness (QED) is 0.719. The molecule has 0 aromatic rings. The molecule has 2 N–H and O–H groups in total. The molecule has 0 radical (unpaired) electrons. The largest absolute Gasteiger partial charge is 0.394 e. The van der Waals surface area contributed by atoms with Crippen molar-refractivity contribution in [3.8, 4) is 0 Å². The van der Waals surface area contributed by atoms with Crippen LogP contribution in [0.3, 0.4) is 0 Å². The van der Waals surface area contributed by atoms with Crippen LogP contribution in [0.15, 0.2) is 0 Å². The zero-order valence-corrected chi connectivity index (χ0v) is 14.1. The van der Waals surface area contributed by atoms with Crippen LogP contribution in [0.4, 0.5) is 0 Å². The number of hydrogen-bond acceptors (Lipinski definition) is 4. The van der Waals surface area contributed by atoms with E-state index in [1.54, 1.807) is 0 Å². The van der Waals surface area contributed by atoms with Crippen LogP contribution >= 0.6 is 0 Å². The first-order valence-electron chi connectivity index (χ1n) is 8.80. The van der Waals surface area contributed by atoms with Crippen LogP contribution < -0.4 is 5.32 Å². The fourth-order valence-electron chi connectivity index (χ4n) is 4.26. The monoisotopic (exact) mass is 298 g/mol. The fourth-order valence-corrected chi connectivity index (χ4v) is 4.26. The van der Waals surface area contributed by atoms with Gasteiger partial charge in [-0.2, -0.15) is 0 Å². The summed E-state index contributed by atoms with van der Waals surface area (Å²) in [5, 5.41) is 13.6. The van der Waals surface area contributed by atoms with Gasteiger partial charge in [-0.25, -0.2) is 0 Å². The summed E-state index contributed by atoms with van der Waals surface area (Å²) < 4.78 is 5.68. The molecule has 0 bridgehead atoms. The van der Waals surface area contributed by atoms with Crippen molar-refractivity contribution in [3.63, 3.8) is 0 Å². The lowest BCUT2D eigenvalue weighted by molar-refractivity contribution is 0.0745. The predicted molar refractivity (Wildman–Crippen MR) is 86.5 cm³/mol. The first kappa shape index (κ1) is 17.2. The third-order valence-electron chi connectivity index (χ3n) is 5.70. The molecule has 1 aliphatic carbocycles. The minimum Gasteiger partial charge on any atom is -0.394 e. The second kappa shape index (κ2) is 7.91. The SMILES string of the molecule is CCCNC1(CO)CCCC1CCN(C)C1CCOC1C. The van der Waals surface area contributed by atoms with Crippen molar-refractivity contribution < 1.29 is 9.84 Å². The number of likely N-dealkylation sites (N-methyl/N-ethyl adjacent to an activating group) is 1. The molecule has 1 aliphatic heterocycles. The van der Waals surface area contributed by atoms with Crippen LogP contribution in [-0.2, 0) is 4.74 Å². The standard InChI is InChI=1S/C17H34N2O2/c1-4-10-18-17(13-20)9-5-6-15(17)7-11-19(3)16-8-12-21-14(16)2/h14-16,18,20H,4-13H2,1-3H3. The minimum absolute atomic E-state index is 0.0192. The molecule has 2 aliphatic rings. The first-order valence-corrected chi connectivity index (χ1v) is 8.80. The maximum atomic E-state index is 9.94. The number of aliphatic hydroxyl groups is 1. The molecule has 1 saturated heterocycles. The number of hydrogen-bond donors (Lipinski definition) is 2. The molecule has 1 heterocycles. The zero-order valence-electron chi connectivity index (χ0n) is 14.1. The molecule has 0 aromatic carbocycles. The Balaban J connectivity index is 1.85. The van der Waals surface area contributed by atoms with Crippen molar-refractivity contribution in [2.24, 2.45) is 5.92 Å². The Kier molecular flexibility index (Phi) is 6.48. The number of nitrogens with zero attached hydrogens (tertiary/aromatic N) is 1. The number of ether oxygens (including phenoxy) is 1.